The summed E-state index contributed by atoms with van der Waals surface area (Å²) in [6, 6.07) is 25.9. The molecule has 0 radical (unpaired) electrons. The Kier molecular flexibility index (Phi) is 9.67. The van der Waals surface area contributed by atoms with Crippen molar-refractivity contribution in [2.75, 3.05) is 38.1 Å². The summed E-state index contributed by atoms with van der Waals surface area (Å²) in [5.74, 6) is -0.254. The van der Waals surface area contributed by atoms with Gasteiger partial charge in [0.25, 0.3) is 5.91 Å². The second-order valence-electron chi connectivity index (χ2n) is 12.1. The zero-order chi connectivity index (χ0) is 32.1. The molecule has 46 heavy (non-hydrogen) atoms. The van der Waals surface area contributed by atoms with Crippen LogP contribution >= 0.6 is 0 Å². The molecule has 0 spiro atoms. The predicted molar refractivity (Wildman–Crippen MR) is 179 cm³/mol. The summed E-state index contributed by atoms with van der Waals surface area (Å²) in [4.78, 5) is 29.9. The van der Waals surface area contributed by atoms with Gasteiger partial charge >= 0.3 is 6.09 Å². The first-order valence-corrected chi connectivity index (χ1v) is 17.4. The normalized spacial score (nSPS) is 15.8. The average molecular weight is 641 g/mol. The van der Waals surface area contributed by atoms with Gasteiger partial charge in [-0.15, -0.1) is 0 Å². The second kappa shape index (κ2) is 14.0. The van der Waals surface area contributed by atoms with E-state index in [1.54, 1.807) is 35.2 Å². The largest absolute Gasteiger partial charge is 0.449 e. The lowest BCUT2D eigenvalue weighted by Crippen LogP contribution is -2.46. The number of hydrogen-bond acceptors (Lipinski definition) is 6. The van der Waals surface area contributed by atoms with Gasteiger partial charge in [0.15, 0.2) is 0 Å². The number of fused-ring (bicyclic) bond motifs is 2. The van der Waals surface area contributed by atoms with Crippen molar-refractivity contribution in [1.82, 2.24) is 14.5 Å². The Morgan fingerprint density at radius 1 is 0.848 bits per heavy atom. The third-order valence-electron chi connectivity index (χ3n) is 8.94. The molecule has 2 amide bonds. The van der Waals surface area contributed by atoms with Gasteiger partial charge in [-0.1, -0.05) is 66.7 Å². The van der Waals surface area contributed by atoms with E-state index >= 15 is 0 Å². The van der Waals surface area contributed by atoms with Gasteiger partial charge in [-0.05, 0) is 67.5 Å². The number of sulfonamides is 1. The lowest BCUT2D eigenvalue weighted by Gasteiger charge is -2.32. The van der Waals surface area contributed by atoms with Crippen LogP contribution in [-0.4, -0.2) is 69.0 Å². The van der Waals surface area contributed by atoms with E-state index in [0.717, 1.165) is 38.0 Å². The number of carbonyl (C=O) groups is 2. The molecule has 4 aromatic carbocycles. The van der Waals surface area contributed by atoms with Crippen molar-refractivity contribution in [3.63, 3.8) is 0 Å². The van der Waals surface area contributed by atoms with Crippen LogP contribution in [0.2, 0.25) is 0 Å². The van der Waals surface area contributed by atoms with Crippen molar-refractivity contribution in [1.29, 1.82) is 0 Å². The third-order valence-corrected chi connectivity index (χ3v) is 10.5. The number of carbonyl (C=O) groups excluding carboxylic acids is 2. The van der Waals surface area contributed by atoms with Crippen LogP contribution in [0, 0.1) is 6.92 Å². The standard InChI is InChI=1S/C36H40N4O5S/c1-26-9-2-5-12-30(26)35(41)37-33-15-16-34(32-14-7-6-13-31(32)33)46(43,44)38-29-18-22-40(23-19-29)36(42)45-24-8-20-39-21-17-27-10-3-4-11-28(27)25-39/h2-7,9-16,29,38H,8,17-25H2,1H3,(H,37,41). The van der Waals surface area contributed by atoms with Crippen LogP contribution in [0.5, 0.6) is 0 Å². The van der Waals surface area contributed by atoms with Crippen LogP contribution in [0.15, 0.2) is 89.8 Å². The van der Waals surface area contributed by atoms with E-state index in [9.17, 15) is 18.0 Å². The Hall–Kier alpha value is -4.25. The van der Waals surface area contributed by atoms with Gasteiger partial charge in [0.1, 0.15) is 0 Å². The minimum Gasteiger partial charge on any atom is -0.449 e. The van der Waals surface area contributed by atoms with E-state index in [-0.39, 0.29) is 22.9 Å². The quantitative estimate of drug-likeness (QED) is 0.227. The number of ether oxygens (including phenoxy) is 1. The summed E-state index contributed by atoms with van der Waals surface area (Å²) in [5, 5.41) is 4.11. The van der Waals surface area contributed by atoms with E-state index in [4.69, 9.17) is 4.74 Å². The molecule has 4 aromatic rings. The number of amides is 2. The van der Waals surface area contributed by atoms with Gasteiger partial charge in [-0.3, -0.25) is 9.69 Å². The summed E-state index contributed by atoms with van der Waals surface area (Å²) in [5.41, 5.74) is 4.74. The molecule has 2 heterocycles. The van der Waals surface area contributed by atoms with Gasteiger partial charge in [-0.25, -0.2) is 17.9 Å². The number of hydrogen-bond donors (Lipinski definition) is 2. The van der Waals surface area contributed by atoms with E-state index < -0.39 is 10.0 Å². The molecule has 0 aliphatic carbocycles. The molecule has 1 fully saturated rings. The zero-order valence-electron chi connectivity index (χ0n) is 26.1. The molecule has 0 aromatic heterocycles. The van der Waals surface area contributed by atoms with Crippen molar-refractivity contribution in [2.24, 2.45) is 0 Å². The molecule has 240 valence electrons. The maximum absolute atomic E-state index is 13.6. The summed E-state index contributed by atoms with van der Waals surface area (Å²) in [6.07, 6.45) is 2.45. The van der Waals surface area contributed by atoms with E-state index in [1.165, 1.54) is 17.2 Å². The minimum absolute atomic E-state index is 0.149. The Morgan fingerprint density at radius 3 is 2.33 bits per heavy atom. The molecule has 0 atom stereocenters. The summed E-state index contributed by atoms with van der Waals surface area (Å²) < 4.78 is 35.6. The molecule has 0 saturated carbocycles. The van der Waals surface area contributed by atoms with E-state index in [2.05, 4.69) is 39.2 Å². The molecule has 10 heteroatoms. The predicted octanol–water partition coefficient (Wildman–Crippen LogP) is 5.73. The number of aryl methyl sites for hydroxylation is 1. The van der Waals surface area contributed by atoms with Crippen LogP contribution in [0.3, 0.4) is 0 Å². The number of benzene rings is 4. The Labute approximate surface area is 270 Å². The maximum atomic E-state index is 13.6. The molecular weight excluding hydrogens is 600 g/mol. The second-order valence-corrected chi connectivity index (χ2v) is 13.8. The van der Waals surface area contributed by atoms with Crippen molar-refractivity contribution in [2.45, 2.75) is 50.1 Å². The zero-order valence-corrected chi connectivity index (χ0v) is 26.9. The van der Waals surface area contributed by atoms with Gasteiger partial charge in [0, 0.05) is 60.8 Å². The van der Waals surface area contributed by atoms with Crippen molar-refractivity contribution >= 4 is 38.5 Å². The Balaban J connectivity index is 1.00. The number of nitrogens with zero attached hydrogens (tertiary/aromatic N) is 2. The third kappa shape index (κ3) is 7.25. The molecule has 2 aliphatic rings. The van der Waals surface area contributed by atoms with Crippen molar-refractivity contribution in [3.05, 3.63) is 107 Å². The molecule has 9 nitrogen and oxygen atoms in total. The smallest absolute Gasteiger partial charge is 0.409 e. The van der Waals surface area contributed by atoms with E-state index in [0.29, 0.717) is 54.6 Å². The fourth-order valence-electron chi connectivity index (χ4n) is 6.38. The number of anilines is 1. The topological polar surface area (TPSA) is 108 Å². The van der Waals surface area contributed by atoms with E-state index in [1.807, 2.05) is 31.2 Å². The monoisotopic (exact) mass is 640 g/mol. The first-order valence-electron chi connectivity index (χ1n) is 15.9. The first kappa shape index (κ1) is 31.7. The number of piperidine rings is 1. The molecular formula is C36H40N4O5S. The fourth-order valence-corrected chi connectivity index (χ4v) is 7.90. The molecule has 0 bridgehead atoms. The van der Waals surface area contributed by atoms with Crippen molar-refractivity contribution < 1.29 is 22.7 Å². The highest BCUT2D eigenvalue weighted by molar-refractivity contribution is 7.89. The van der Waals surface area contributed by atoms with Crippen LogP contribution in [0.1, 0.15) is 46.3 Å². The summed E-state index contributed by atoms with van der Waals surface area (Å²) in [6.45, 7) is 5.88. The molecule has 2 aliphatic heterocycles. The van der Waals surface area contributed by atoms with Gasteiger partial charge in [-0.2, -0.15) is 0 Å². The molecule has 1 saturated heterocycles. The van der Waals surface area contributed by atoms with Crippen LogP contribution < -0.4 is 10.0 Å². The summed E-state index contributed by atoms with van der Waals surface area (Å²) in [7, 11) is -3.88. The highest BCUT2D eigenvalue weighted by atomic mass is 32.2. The van der Waals surface area contributed by atoms with Crippen LogP contribution in [0.25, 0.3) is 10.8 Å². The highest BCUT2D eigenvalue weighted by Crippen LogP contribution is 2.31. The Bertz CT molecular complexity index is 1840. The van der Waals surface area contributed by atoms with Crippen LogP contribution in [-0.2, 0) is 27.7 Å². The minimum atomic E-state index is -3.88. The number of rotatable bonds is 9. The lowest BCUT2D eigenvalue weighted by molar-refractivity contribution is 0.0874. The number of nitrogens with one attached hydrogen (secondary N) is 2. The van der Waals surface area contributed by atoms with Gasteiger partial charge in [0.2, 0.25) is 10.0 Å². The van der Waals surface area contributed by atoms with Crippen LogP contribution in [0.4, 0.5) is 10.5 Å². The molecule has 2 N–H and O–H groups in total. The lowest BCUT2D eigenvalue weighted by atomic mass is 10.00. The van der Waals surface area contributed by atoms with Gasteiger partial charge in [0.05, 0.1) is 11.5 Å². The van der Waals surface area contributed by atoms with Gasteiger partial charge < -0.3 is 15.0 Å². The molecule has 0 unspecified atom stereocenters. The highest BCUT2D eigenvalue weighted by Gasteiger charge is 2.29. The Morgan fingerprint density at radius 2 is 1.54 bits per heavy atom. The average Bonchev–Trinajstić information content (AvgIpc) is 3.07. The van der Waals surface area contributed by atoms with Crippen molar-refractivity contribution in [3.8, 4) is 0 Å². The summed E-state index contributed by atoms with van der Waals surface area (Å²) >= 11 is 0. The number of likely N-dealkylation sites (tertiary alicyclic amines) is 1. The fraction of sp³-hybridized carbons (Fsp3) is 0.333. The molecule has 6 rings (SSSR count). The SMILES string of the molecule is Cc1ccccc1C(=O)Nc1ccc(S(=O)(=O)NC2CCN(C(=O)OCCCN3CCc4ccccc4C3)CC2)c2ccccc12. The first-order chi connectivity index (χ1) is 22.3. The maximum Gasteiger partial charge on any atom is 0.409 e.